The van der Waals surface area contributed by atoms with Gasteiger partial charge in [-0.3, -0.25) is 4.68 Å². The molecule has 1 aliphatic rings. The Labute approximate surface area is 80.9 Å². The molecule has 78 valence electrons. The van der Waals surface area contributed by atoms with Crippen LogP contribution in [0.3, 0.4) is 0 Å². The van der Waals surface area contributed by atoms with Crippen LogP contribution in [0.1, 0.15) is 18.4 Å². The van der Waals surface area contributed by atoms with Crippen molar-refractivity contribution in [1.82, 2.24) is 9.78 Å². The van der Waals surface area contributed by atoms with E-state index in [1.165, 1.54) is 0 Å². The van der Waals surface area contributed by atoms with Crippen LogP contribution in [0.5, 0.6) is 0 Å². The Hall–Kier alpha value is -0.970. The second kappa shape index (κ2) is 3.31. The van der Waals surface area contributed by atoms with Gasteiger partial charge in [0.1, 0.15) is 0 Å². The number of hydrogen-bond donors (Lipinski definition) is 1. The predicted octanol–water partition coefficient (Wildman–Crippen LogP) is 1.39. The van der Waals surface area contributed by atoms with Gasteiger partial charge >= 0.3 is 0 Å². The van der Waals surface area contributed by atoms with E-state index >= 15 is 0 Å². The van der Waals surface area contributed by atoms with Crippen LogP contribution in [0.15, 0.2) is 12.4 Å². The van der Waals surface area contributed by atoms with E-state index in [2.05, 4.69) is 5.10 Å². The number of halogens is 2. The average molecular weight is 201 g/mol. The van der Waals surface area contributed by atoms with Gasteiger partial charge in [0.25, 0.3) is 0 Å². The lowest BCUT2D eigenvalue weighted by molar-refractivity contribution is 0.0490. The van der Waals surface area contributed by atoms with Crippen molar-refractivity contribution in [3.63, 3.8) is 0 Å². The molecule has 0 atom stereocenters. The van der Waals surface area contributed by atoms with Crippen LogP contribution in [0.4, 0.5) is 8.78 Å². The van der Waals surface area contributed by atoms with Crippen LogP contribution in [0.2, 0.25) is 0 Å². The summed E-state index contributed by atoms with van der Waals surface area (Å²) in [4.78, 5) is 0. The molecule has 1 fully saturated rings. The van der Waals surface area contributed by atoms with Crippen LogP contribution < -0.4 is 5.73 Å². The molecule has 1 aromatic rings. The first-order valence-corrected chi connectivity index (χ1v) is 4.66. The van der Waals surface area contributed by atoms with Gasteiger partial charge in [-0.15, -0.1) is 0 Å². The molecule has 1 aromatic heterocycles. The minimum atomic E-state index is -2.24. The number of alkyl halides is 2. The van der Waals surface area contributed by atoms with E-state index in [9.17, 15) is 8.78 Å². The molecule has 0 radical (unpaired) electrons. The number of hydrogen-bond acceptors (Lipinski definition) is 2. The van der Waals surface area contributed by atoms with Crippen molar-refractivity contribution in [2.24, 2.45) is 11.1 Å². The molecule has 14 heavy (non-hydrogen) atoms. The fourth-order valence-corrected chi connectivity index (χ4v) is 1.53. The third-order valence-electron chi connectivity index (χ3n) is 2.75. The normalized spacial score (nSPS) is 18.9. The van der Waals surface area contributed by atoms with Crippen molar-refractivity contribution in [2.75, 3.05) is 0 Å². The highest BCUT2D eigenvalue weighted by Crippen LogP contribution is 2.51. The third-order valence-corrected chi connectivity index (χ3v) is 2.75. The number of aromatic nitrogens is 2. The zero-order chi connectivity index (χ0) is 10.2. The summed E-state index contributed by atoms with van der Waals surface area (Å²) in [6.07, 6.45) is 2.32. The van der Waals surface area contributed by atoms with Gasteiger partial charge in [0.05, 0.1) is 18.2 Å². The Morgan fingerprint density at radius 2 is 2.29 bits per heavy atom. The summed E-state index contributed by atoms with van der Waals surface area (Å²) in [6.45, 7) is 0.715. The zero-order valence-electron chi connectivity index (χ0n) is 7.79. The second-order valence-electron chi connectivity index (χ2n) is 3.91. The molecule has 0 aromatic carbocycles. The standard InChI is InChI=1S/C9H13F2N3/c10-8(11)9(1-2-9)6-14-5-7(3-12)4-13-14/h4-5,8H,1-3,6,12H2. The summed E-state index contributed by atoms with van der Waals surface area (Å²) in [5.74, 6) is 0. The van der Waals surface area contributed by atoms with Gasteiger partial charge in [0, 0.05) is 18.3 Å². The van der Waals surface area contributed by atoms with Crippen LogP contribution in [-0.4, -0.2) is 16.2 Å². The molecule has 5 heteroatoms. The maximum Gasteiger partial charge on any atom is 0.245 e. The third kappa shape index (κ3) is 1.64. The molecule has 0 unspecified atom stereocenters. The Morgan fingerprint density at radius 3 is 2.71 bits per heavy atom. The summed E-state index contributed by atoms with van der Waals surface area (Å²) in [5, 5.41) is 4.00. The smallest absolute Gasteiger partial charge is 0.245 e. The van der Waals surface area contributed by atoms with Crippen molar-refractivity contribution in [1.29, 1.82) is 0 Å². The van der Waals surface area contributed by atoms with Gasteiger partial charge in [-0.1, -0.05) is 0 Å². The van der Waals surface area contributed by atoms with E-state index in [-0.39, 0.29) is 0 Å². The van der Waals surface area contributed by atoms with E-state index in [1.54, 1.807) is 17.1 Å². The van der Waals surface area contributed by atoms with Crippen molar-refractivity contribution in [3.8, 4) is 0 Å². The lowest BCUT2D eigenvalue weighted by Crippen LogP contribution is -2.20. The molecule has 1 heterocycles. The highest BCUT2D eigenvalue weighted by Gasteiger charge is 2.51. The largest absolute Gasteiger partial charge is 0.326 e. The minimum absolute atomic E-state index is 0.310. The maximum atomic E-state index is 12.6. The quantitative estimate of drug-likeness (QED) is 0.799. The van der Waals surface area contributed by atoms with E-state index < -0.39 is 11.8 Å². The van der Waals surface area contributed by atoms with Crippen molar-refractivity contribution >= 4 is 0 Å². The predicted molar refractivity (Wildman–Crippen MR) is 47.8 cm³/mol. The molecule has 2 N–H and O–H groups in total. The molecule has 1 aliphatic carbocycles. The molecule has 1 saturated carbocycles. The van der Waals surface area contributed by atoms with Crippen LogP contribution >= 0.6 is 0 Å². The first-order chi connectivity index (χ1) is 6.66. The highest BCUT2D eigenvalue weighted by atomic mass is 19.3. The van der Waals surface area contributed by atoms with Crippen molar-refractivity contribution in [3.05, 3.63) is 18.0 Å². The van der Waals surface area contributed by atoms with Gasteiger partial charge in [0.15, 0.2) is 0 Å². The highest BCUT2D eigenvalue weighted by molar-refractivity contribution is 5.04. The summed E-state index contributed by atoms with van der Waals surface area (Å²) in [6, 6.07) is 0. The van der Waals surface area contributed by atoms with Crippen molar-refractivity contribution in [2.45, 2.75) is 32.4 Å². The minimum Gasteiger partial charge on any atom is -0.326 e. The number of rotatable bonds is 4. The van der Waals surface area contributed by atoms with Gasteiger partial charge < -0.3 is 5.73 Å². The number of nitrogens with two attached hydrogens (primary N) is 1. The molecule has 0 bridgehead atoms. The van der Waals surface area contributed by atoms with Gasteiger partial charge in [-0.25, -0.2) is 8.78 Å². The molecule has 2 rings (SSSR count). The molecular formula is C9H13F2N3. The van der Waals surface area contributed by atoms with Gasteiger partial charge in [-0.05, 0) is 12.8 Å². The molecule has 0 aliphatic heterocycles. The monoisotopic (exact) mass is 201 g/mol. The molecular weight excluding hydrogens is 188 g/mol. The fraction of sp³-hybridized carbons (Fsp3) is 0.667. The Bertz CT molecular complexity index is 318. The van der Waals surface area contributed by atoms with E-state index in [1.807, 2.05) is 0 Å². The lowest BCUT2D eigenvalue weighted by atomic mass is 10.1. The first-order valence-electron chi connectivity index (χ1n) is 4.66. The first kappa shape index (κ1) is 9.58. The molecule has 0 spiro atoms. The summed E-state index contributed by atoms with van der Waals surface area (Å²) in [5.41, 5.74) is 5.48. The summed E-state index contributed by atoms with van der Waals surface area (Å²) < 4.78 is 26.7. The summed E-state index contributed by atoms with van der Waals surface area (Å²) >= 11 is 0. The zero-order valence-corrected chi connectivity index (χ0v) is 7.79. The molecule has 0 saturated heterocycles. The van der Waals surface area contributed by atoms with Crippen LogP contribution in [-0.2, 0) is 13.1 Å². The van der Waals surface area contributed by atoms with E-state index in [0.29, 0.717) is 25.9 Å². The second-order valence-corrected chi connectivity index (χ2v) is 3.91. The van der Waals surface area contributed by atoms with E-state index in [0.717, 1.165) is 5.56 Å². The maximum absolute atomic E-state index is 12.6. The topological polar surface area (TPSA) is 43.8 Å². The fourth-order valence-electron chi connectivity index (χ4n) is 1.53. The number of nitrogens with zero attached hydrogens (tertiary/aromatic N) is 2. The van der Waals surface area contributed by atoms with E-state index in [4.69, 9.17) is 5.73 Å². The Kier molecular flexibility index (Phi) is 2.26. The molecule has 0 amide bonds. The lowest BCUT2D eigenvalue weighted by Gasteiger charge is -2.13. The SMILES string of the molecule is NCc1cnn(CC2(C(F)F)CC2)c1. The average Bonchev–Trinajstić information content (AvgIpc) is 2.78. The van der Waals surface area contributed by atoms with Crippen LogP contribution in [0, 0.1) is 5.41 Å². The Balaban J connectivity index is 2.04. The molecule has 3 nitrogen and oxygen atoms in total. The van der Waals surface area contributed by atoms with Crippen LogP contribution in [0.25, 0.3) is 0 Å². The van der Waals surface area contributed by atoms with Gasteiger partial charge in [-0.2, -0.15) is 5.10 Å². The summed E-state index contributed by atoms with van der Waals surface area (Å²) in [7, 11) is 0. The van der Waals surface area contributed by atoms with Gasteiger partial charge in [0.2, 0.25) is 6.43 Å². The Morgan fingerprint density at radius 1 is 1.57 bits per heavy atom. The van der Waals surface area contributed by atoms with Crippen molar-refractivity contribution < 1.29 is 8.78 Å².